The molecule has 4 nitrogen and oxygen atoms in total. The maximum absolute atomic E-state index is 11.8. The average Bonchev–Trinajstić information content (AvgIpc) is 2.85. The van der Waals surface area contributed by atoms with E-state index in [0.717, 1.165) is 36.0 Å². The van der Waals surface area contributed by atoms with Gasteiger partial charge >= 0.3 is 5.63 Å². The molecule has 1 atom stereocenters. The van der Waals surface area contributed by atoms with E-state index in [-0.39, 0.29) is 5.69 Å². The maximum Gasteiger partial charge on any atom is 0.359 e. The van der Waals surface area contributed by atoms with Crippen LogP contribution >= 0.6 is 0 Å². The molecule has 4 heteroatoms. The van der Waals surface area contributed by atoms with Crippen LogP contribution < -0.4 is 16.7 Å². The van der Waals surface area contributed by atoms with Crippen molar-refractivity contribution in [3.8, 4) is 0 Å². The van der Waals surface area contributed by atoms with Gasteiger partial charge in [0.2, 0.25) is 0 Å². The maximum atomic E-state index is 11.8. The minimum atomic E-state index is -0.421. The average molecular weight is 244 g/mol. The van der Waals surface area contributed by atoms with Crippen molar-refractivity contribution in [1.29, 1.82) is 0 Å². The highest BCUT2D eigenvalue weighted by molar-refractivity contribution is 5.88. The molecule has 1 aromatic carbocycles. The number of nitrogen functional groups attached to an aromatic ring is 1. The molecule has 3 N–H and O–H groups in total. The number of aryl methyl sites for hydroxylation is 1. The molecule has 1 aromatic heterocycles. The number of rotatable bonds is 1. The van der Waals surface area contributed by atoms with Crippen molar-refractivity contribution in [2.45, 2.75) is 19.3 Å². The fraction of sp³-hybridized carbons (Fsp3) is 0.357. The number of benzene rings is 1. The highest BCUT2D eigenvalue weighted by Gasteiger charge is 2.24. The van der Waals surface area contributed by atoms with Crippen molar-refractivity contribution in [3.63, 3.8) is 0 Å². The van der Waals surface area contributed by atoms with Crippen LogP contribution in [0.2, 0.25) is 0 Å². The van der Waals surface area contributed by atoms with Crippen LogP contribution in [0.1, 0.15) is 23.5 Å². The topological polar surface area (TPSA) is 68.3 Å². The molecular weight excluding hydrogens is 228 g/mol. The van der Waals surface area contributed by atoms with Gasteiger partial charge in [-0.2, -0.15) is 0 Å². The fourth-order valence-electron chi connectivity index (χ4n) is 2.80. The minimum absolute atomic E-state index is 0.269. The standard InChI is InChI=1S/C14H16N2O2/c1-8-3-2-4-10-11(8)12(9-5-6-16-7-9)13(15)14(17)18-10/h2-4,9,16H,5-7,15H2,1H3. The van der Waals surface area contributed by atoms with Crippen molar-refractivity contribution in [2.24, 2.45) is 0 Å². The molecule has 1 aliphatic rings. The first-order chi connectivity index (χ1) is 8.68. The Morgan fingerprint density at radius 3 is 3.00 bits per heavy atom. The first-order valence-electron chi connectivity index (χ1n) is 6.21. The van der Waals surface area contributed by atoms with E-state index in [2.05, 4.69) is 5.32 Å². The normalized spacial score (nSPS) is 19.5. The number of hydrogen-bond acceptors (Lipinski definition) is 4. The Morgan fingerprint density at radius 2 is 2.28 bits per heavy atom. The van der Waals surface area contributed by atoms with Gasteiger partial charge in [0.25, 0.3) is 0 Å². The molecule has 0 radical (unpaired) electrons. The van der Waals surface area contributed by atoms with E-state index in [4.69, 9.17) is 10.2 Å². The molecule has 0 bridgehead atoms. The highest BCUT2D eigenvalue weighted by atomic mass is 16.4. The van der Waals surface area contributed by atoms with E-state index in [0.29, 0.717) is 11.5 Å². The number of fused-ring (bicyclic) bond motifs is 1. The van der Waals surface area contributed by atoms with Gasteiger partial charge in [-0.3, -0.25) is 0 Å². The molecule has 2 heterocycles. The van der Waals surface area contributed by atoms with Gasteiger partial charge < -0.3 is 15.5 Å². The second-order valence-electron chi connectivity index (χ2n) is 4.85. The zero-order valence-corrected chi connectivity index (χ0v) is 10.3. The SMILES string of the molecule is Cc1cccc2oc(=O)c(N)c(C3CCNC3)c12. The predicted molar refractivity (Wildman–Crippen MR) is 71.9 cm³/mol. The van der Waals surface area contributed by atoms with Crippen LogP contribution in [0.3, 0.4) is 0 Å². The molecule has 3 rings (SSSR count). The Labute approximate surface area is 105 Å². The first kappa shape index (κ1) is 11.3. The Hall–Kier alpha value is -1.81. The monoisotopic (exact) mass is 244 g/mol. The molecule has 1 unspecified atom stereocenters. The molecule has 0 amide bonds. The molecule has 0 aliphatic carbocycles. The third kappa shape index (κ3) is 1.61. The largest absolute Gasteiger partial charge is 0.421 e. The van der Waals surface area contributed by atoms with Gasteiger partial charge in [0, 0.05) is 17.8 Å². The van der Waals surface area contributed by atoms with Gasteiger partial charge in [-0.1, -0.05) is 12.1 Å². The predicted octanol–water partition coefficient (Wildman–Crippen LogP) is 1.76. The van der Waals surface area contributed by atoms with Crippen LogP contribution in [-0.4, -0.2) is 13.1 Å². The van der Waals surface area contributed by atoms with E-state index in [9.17, 15) is 4.79 Å². The summed E-state index contributed by atoms with van der Waals surface area (Å²) >= 11 is 0. The van der Waals surface area contributed by atoms with E-state index < -0.39 is 5.63 Å². The summed E-state index contributed by atoms with van der Waals surface area (Å²) in [5.41, 5.74) is 8.51. The number of anilines is 1. The number of nitrogens with two attached hydrogens (primary N) is 1. The summed E-state index contributed by atoms with van der Waals surface area (Å²) in [6.45, 7) is 3.86. The lowest BCUT2D eigenvalue weighted by Gasteiger charge is -2.15. The Bertz CT molecular complexity index is 655. The minimum Gasteiger partial charge on any atom is -0.421 e. The summed E-state index contributed by atoms with van der Waals surface area (Å²) in [4.78, 5) is 11.8. The summed E-state index contributed by atoms with van der Waals surface area (Å²) < 4.78 is 5.27. The van der Waals surface area contributed by atoms with Gasteiger partial charge in [-0.25, -0.2) is 4.79 Å². The molecule has 2 aromatic rings. The van der Waals surface area contributed by atoms with Crippen LogP contribution in [0.5, 0.6) is 0 Å². The first-order valence-corrected chi connectivity index (χ1v) is 6.21. The van der Waals surface area contributed by atoms with Gasteiger partial charge in [0.05, 0.1) is 0 Å². The number of nitrogens with one attached hydrogen (secondary N) is 1. The number of hydrogen-bond donors (Lipinski definition) is 2. The molecule has 1 aliphatic heterocycles. The summed E-state index contributed by atoms with van der Waals surface area (Å²) in [6.07, 6.45) is 1.01. The van der Waals surface area contributed by atoms with Crippen molar-refractivity contribution in [1.82, 2.24) is 5.32 Å². The Balaban J connectivity index is 2.38. The molecule has 1 saturated heterocycles. The molecule has 94 valence electrons. The zero-order valence-electron chi connectivity index (χ0n) is 10.3. The third-order valence-electron chi connectivity index (χ3n) is 3.69. The fourth-order valence-corrected chi connectivity index (χ4v) is 2.80. The van der Waals surface area contributed by atoms with Crippen LogP contribution in [0.25, 0.3) is 11.0 Å². The Kier molecular flexibility index (Phi) is 2.59. The van der Waals surface area contributed by atoms with Crippen molar-refractivity contribution in [3.05, 3.63) is 39.7 Å². The third-order valence-corrected chi connectivity index (χ3v) is 3.69. The second kappa shape index (κ2) is 4.14. The van der Waals surface area contributed by atoms with Crippen molar-refractivity contribution < 1.29 is 4.42 Å². The summed E-state index contributed by atoms with van der Waals surface area (Å²) in [7, 11) is 0. The molecule has 18 heavy (non-hydrogen) atoms. The lowest BCUT2D eigenvalue weighted by Crippen LogP contribution is -2.16. The van der Waals surface area contributed by atoms with Crippen LogP contribution in [0.4, 0.5) is 5.69 Å². The molecule has 0 spiro atoms. The van der Waals surface area contributed by atoms with Crippen LogP contribution in [0.15, 0.2) is 27.4 Å². The Morgan fingerprint density at radius 1 is 1.44 bits per heavy atom. The van der Waals surface area contributed by atoms with Gasteiger partial charge in [-0.15, -0.1) is 0 Å². The smallest absolute Gasteiger partial charge is 0.359 e. The van der Waals surface area contributed by atoms with Gasteiger partial charge in [0.15, 0.2) is 0 Å². The summed E-state index contributed by atoms with van der Waals surface area (Å²) in [5, 5.41) is 4.32. The van der Waals surface area contributed by atoms with Gasteiger partial charge in [-0.05, 0) is 37.1 Å². The van der Waals surface area contributed by atoms with E-state index in [1.807, 2.05) is 25.1 Å². The second-order valence-corrected chi connectivity index (χ2v) is 4.85. The lowest BCUT2D eigenvalue weighted by molar-refractivity contribution is 0.560. The molecular formula is C14H16N2O2. The summed E-state index contributed by atoms with van der Waals surface area (Å²) in [6, 6.07) is 5.75. The van der Waals surface area contributed by atoms with E-state index in [1.165, 1.54) is 0 Å². The van der Waals surface area contributed by atoms with E-state index >= 15 is 0 Å². The molecule has 0 saturated carbocycles. The van der Waals surface area contributed by atoms with E-state index in [1.54, 1.807) is 0 Å². The zero-order chi connectivity index (χ0) is 12.7. The van der Waals surface area contributed by atoms with Gasteiger partial charge in [0.1, 0.15) is 11.3 Å². The summed E-state index contributed by atoms with van der Waals surface area (Å²) in [5.74, 6) is 0.303. The van der Waals surface area contributed by atoms with Crippen molar-refractivity contribution >= 4 is 16.7 Å². The van der Waals surface area contributed by atoms with Crippen molar-refractivity contribution in [2.75, 3.05) is 18.8 Å². The van der Waals surface area contributed by atoms with Crippen LogP contribution in [-0.2, 0) is 0 Å². The molecule has 1 fully saturated rings. The van der Waals surface area contributed by atoms with Crippen LogP contribution in [0, 0.1) is 6.92 Å². The quantitative estimate of drug-likeness (QED) is 0.750. The highest BCUT2D eigenvalue weighted by Crippen LogP contribution is 2.33. The lowest BCUT2D eigenvalue weighted by atomic mass is 9.92.